The third-order valence-corrected chi connectivity index (χ3v) is 4.97. The van der Waals surface area contributed by atoms with Gasteiger partial charge < -0.3 is 10.5 Å². The van der Waals surface area contributed by atoms with Crippen molar-refractivity contribution in [3.8, 4) is 0 Å². The number of nitrogens with two attached hydrogens (primary N) is 1. The van der Waals surface area contributed by atoms with E-state index in [1.54, 1.807) is 12.1 Å². The van der Waals surface area contributed by atoms with E-state index < -0.39 is 17.0 Å². The molecule has 2 heterocycles. The maximum Gasteiger partial charge on any atom is 0.155 e. The Morgan fingerprint density at radius 1 is 1.50 bits per heavy atom. The van der Waals surface area contributed by atoms with Gasteiger partial charge in [0.25, 0.3) is 0 Å². The van der Waals surface area contributed by atoms with E-state index in [0.717, 1.165) is 0 Å². The maximum atomic E-state index is 15.5. The van der Waals surface area contributed by atoms with Crippen LogP contribution in [0.15, 0.2) is 29.3 Å². The van der Waals surface area contributed by atoms with Crippen LogP contribution in [-0.2, 0) is 10.3 Å². The molecule has 1 fully saturated rings. The molecule has 0 saturated carbocycles. The minimum absolute atomic E-state index is 0.0787. The first-order valence-electron chi connectivity index (χ1n) is 6.50. The molecule has 3 nitrogen and oxygen atoms in total. The van der Waals surface area contributed by atoms with E-state index in [9.17, 15) is 4.39 Å². The molecule has 0 aromatic heterocycles. The van der Waals surface area contributed by atoms with Crippen molar-refractivity contribution in [3.05, 3.63) is 35.6 Å². The monoisotopic (exact) mass is 298 g/mol. The van der Waals surface area contributed by atoms with Crippen molar-refractivity contribution in [3.63, 3.8) is 0 Å². The van der Waals surface area contributed by atoms with E-state index in [1.807, 2.05) is 6.92 Å². The maximum absolute atomic E-state index is 15.5. The normalized spacial score (nSPS) is 37.1. The number of amidine groups is 1. The highest BCUT2D eigenvalue weighted by Gasteiger charge is 2.59. The van der Waals surface area contributed by atoms with Gasteiger partial charge in [0.2, 0.25) is 0 Å². The number of ether oxygens (including phenoxy) is 1. The first kappa shape index (κ1) is 13.8. The Morgan fingerprint density at radius 3 is 3.05 bits per heavy atom. The highest BCUT2D eigenvalue weighted by atomic mass is 32.2. The van der Waals surface area contributed by atoms with Gasteiger partial charge in [-0.15, -0.1) is 0 Å². The van der Waals surface area contributed by atoms with Crippen LogP contribution in [0.25, 0.3) is 0 Å². The quantitative estimate of drug-likeness (QED) is 0.867. The number of benzene rings is 1. The van der Waals surface area contributed by atoms with Crippen molar-refractivity contribution in [2.75, 3.05) is 12.4 Å². The van der Waals surface area contributed by atoms with Crippen molar-refractivity contribution in [2.45, 2.75) is 30.7 Å². The molecule has 0 unspecified atom stereocenters. The van der Waals surface area contributed by atoms with Crippen LogP contribution >= 0.6 is 11.8 Å². The number of hydrogen-bond donors (Lipinski definition) is 1. The summed E-state index contributed by atoms with van der Waals surface area (Å²) < 4.78 is 34.7. The molecule has 6 heteroatoms. The lowest BCUT2D eigenvalue weighted by Gasteiger charge is -2.49. The summed E-state index contributed by atoms with van der Waals surface area (Å²) in [7, 11) is 0. The Hall–Kier alpha value is -1.14. The van der Waals surface area contributed by atoms with Gasteiger partial charge in [-0.25, -0.2) is 13.8 Å². The average Bonchev–Trinajstić information content (AvgIpc) is 2.39. The average molecular weight is 298 g/mol. The molecule has 1 aromatic carbocycles. The molecule has 2 aliphatic rings. The lowest BCUT2D eigenvalue weighted by molar-refractivity contribution is -0.106. The topological polar surface area (TPSA) is 47.6 Å². The summed E-state index contributed by atoms with van der Waals surface area (Å²) >= 11 is 1.21. The second-order valence-corrected chi connectivity index (χ2v) is 6.40. The predicted molar refractivity (Wildman–Crippen MR) is 76.0 cm³/mol. The smallest absolute Gasteiger partial charge is 0.155 e. The van der Waals surface area contributed by atoms with Crippen LogP contribution in [-0.4, -0.2) is 29.3 Å². The van der Waals surface area contributed by atoms with E-state index in [2.05, 4.69) is 4.99 Å². The molecule has 2 aliphatic heterocycles. The lowest BCUT2D eigenvalue weighted by Crippen LogP contribution is -2.60. The van der Waals surface area contributed by atoms with Gasteiger partial charge in [0.05, 0.1) is 12.7 Å². The van der Waals surface area contributed by atoms with Gasteiger partial charge in [0.15, 0.2) is 10.8 Å². The Kier molecular flexibility index (Phi) is 3.25. The van der Waals surface area contributed by atoms with Crippen molar-refractivity contribution < 1.29 is 13.5 Å². The van der Waals surface area contributed by atoms with Crippen molar-refractivity contribution in [2.24, 2.45) is 10.7 Å². The minimum Gasteiger partial charge on any atom is -0.379 e. The van der Waals surface area contributed by atoms with Crippen LogP contribution in [0.1, 0.15) is 18.9 Å². The molecule has 1 aromatic rings. The first-order chi connectivity index (χ1) is 9.45. The van der Waals surface area contributed by atoms with Crippen LogP contribution in [0.2, 0.25) is 0 Å². The summed E-state index contributed by atoms with van der Waals surface area (Å²) in [6, 6.07) is 5.90. The Balaban J connectivity index is 2.16. The number of hydrogen-bond acceptors (Lipinski definition) is 4. The zero-order valence-corrected chi connectivity index (χ0v) is 11.9. The number of fused-ring (bicyclic) bond motifs is 1. The van der Waals surface area contributed by atoms with Gasteiger partial charge >= 0.3 is 0 Å². The molecule has 0 amide bonds. The van der Waals surface area contributed by atoms with E-state index in [1.165, 1.54) is 23.9 Å². The third-order valence-electron chi connectivity index (χ3n) is 3.98. The summed E-state index contributed by atoms with van der Waals surface area (Å²) in [6.45, 7) is 1.92. The standard InChI is InChI=1S/C14H16F2N2OS/c1-9-6-13(16)8-20-12(17)18-14(13,7-19-9)10-3-2-4-11(15)5-10/h2-5,9H,6-8H2,1H3,(H2,17,18)/t9-,13+,14+/m0/s1. The Morgan fingerprint density at radius 2 is 2.30 bits per heavy atom. The summed E-state index contributed by atoms with van der Waals surface area (Å²) in [4.78, 5) is 4.34. The first-order valence-corrected chi connectivity index (χ1v) is 7.48. The van der Waals surface area contributed by atoms with Crippen molar-refractivity contribution in [1.82, 2.24) is 0 Å². The largest absolute Gasteiger partial charge is 0.379 e. The lowest BCUT2D eigenvalue weighted by atomic mass is 9.73. The summed E-state index contributed by atoms with van der Waals surface area (Å²) in [6.07, 6.45) is 0.0459. The molecule has 1 saturated heterocycles. The second kappa shape index (κ2) is 4.70. The van der Waals surface area contributed by atoms with Gasteiger partial charge in [-0.05, 0) is 24.6 Å². The van der Waals surface area contributed by atoms with Crippen LogP contribution in [0, 0.1) is 5.82 Å². The number of nitrogens with zero attached hydrogens (tertiary/aromatic N) is 1. The van der Waals surface area contributed by atoms with Gasteiger partial charge in [-0.1, -0.05) is 23.9 Å². The fraction of sp³-hybridized carbons (Fsp3) is 0.500. The molecule has 0 spiro atoms. The molecule has 0 aliphatic carbocycles. The number of rotatable bonds is 1. The summed E-state index contributed by atoms with van der Waals surface area (Å²) in [5.41, 5.74) is 3.46. The number of thioether (sulfide) groups is 1. The van der Waals surface area contributed by atoms with Gasteiger partial charge in [0.1, 0.15) is 11.4 Å². The van der Waals surface area contributed by atoms with Gasteiger partial charge in [-0.3, -0.25) is 0 Å². The molecule has 108 valence electrons. The minimum atomic E-state index is -1.58. The molecule has 0 radical (unpaired) electrons. The zero-order valence-electron chi connectivity index (χ0n) is 11.1. The van der Waals surface area contributed by atoms with E-state index in [4.69, 9.17) is 10.5 Å². The predicted octanol–water partition coefficient (Wildman–Crippen LogP) is 2.60. The number of alkyl halides is 1. The van der Waals surface area contributed by atoms with E-state index in [0.29, 0.717) is 10.7 Å². The molecule has 20 heavy (non-hydrogen) atoms. The van der Waals surface area contributed by atoms with Gasteiger partial charge in [0, 0.05) is 12.2 Å². The number of halogens is 2. The fourth-order valence-electron chi connectivity index (χ4n) is 2.95. The Labute approximate surface area is 120 Å². The third kappa shape index (κ3) is 2.02. The second-order valence-electron chi connectivity index (χ2n) is 5.40. The van der Waals surface area contributed by atoms with Crippen molar-refractivity contribution in [1.29, 1.82) is 0 Å². The summed E-state index contributed by atoms with van der Waals surface area (Å²) in [5, 5.41) is 0.320. The van der Waals surface area contributed by atoms with E-state index in [-0.39, 0.29) is 24.9 Å². The molecule has 3 rings (SSSR count). The highest BCUT2D eigenvalue weighted by molar-refractivity contribution is 8.13. The molecular formula is C14H16F2N2OS. The molecular weight excluding hydrogens is 282 g/mol. The Bertz CT molecular complexity index is 568. The fourth-order valence-corrected chi connectivity index (χ4v) is 3.90. The van der Waals surface area contributed by atoms with Crippen LogP contribution in [0.3, 0.4) is 0 Å². The van der Waals surface area contributed by atoms with Crippen LogP contribution < -0.4 is 5.73 Å². The van der Waals surface area contributed by atoms with Crippen LogP contribution in [0.4, 0.5) is 8.78 Å². The SMILES string of the molecule is C[C@H]1C[C@@]2(F)CSC(N)=N[C@@]2(c2cccc(F)c2)CO1. The molecule has 0 bridgehead atoms. The molecule has 3 atom stereocenters. The van der Waals surface area contributed by atoms with Crippen LogP contribution in [0.5, 0.6) is 0 Å². The highest BCUT2D eigenvalue weighted by Crippen LogP contribution is 2.50. The number of aliphatic imine (C=N–C) groups is 1. The zero-order chi connectivity index (χ0) is 14.4. The summed E-state index contributed by atoms with van der Waals surface area (Å²) in [5.74, 6) is -0.197. The van der Waals surface area contributed by atoms with Gasteiger partial charge in [-0.2, -0.15) is 0 Å². The van der Waals surface area contributed by atoms with E-state index >= 15 is 4.39 Å². The molecule has 2 N–H and O–H groups in total. The van der Waals surface area contributed by atoms with Crippen molar-refractivity contribution >= 4 is 16.9 Å².